The van der Waals surface area contributed by atoms with Gasteiger partial charge in [0.1, 0.15) is 0 Å². The fourth-order valence-electron chi connectivity index (χ4n) is 4.13. The van der Waals surface area contributed by atoms with Gasteiger partial charge in [0.15, 0.2) is 6.19 Å². The summed E-state index contributed by atoms with van der Waals surface area (Å²) in [6.07, 6.45) is 6.60. The maximum absolute atomic E-state index is 12.4. The Labute approximate surface area is 199 Å². The van der Waals surface area contributed by atoms with E-state index in [9.17, 15) is 9.59 Å². The fourth-order valence-corrected chi connectivity index (χ4v) is 4.25. The van der Waals surface area contributed by atoms with Crippen molar-refractivity contribution < 1.29 is 9.59 Å². The van der Waals surface area contributed by atoms with Crippen molar-refractivity contribution in [1.29, 1.82) is 10.7 Å². The number of nitriles is 1. The van der Waals surface area contributed by atoms with Crippen LogP contribution >= 0.6 is 11.6 Å². The van der Waals surface area contributed by atoms with Gasteiger partial charge >= 0.3 is 0 Å². The van der Waals surface area contributed by atoms with E-state index in [0.717, 1.165) is 38.8 Å². The molecule has 176 valence electrons. The monoisotopic (exact) mass is 471 g/mol. The summed E-state index contributed by atoms with van der Waals surface area (Å²) in [4.78, 5) is 32.8. The third-order valence-corrected chi connectivity index (χ3v) is 6.16. The summed E-state index contributed by atoms with van der Waals surface area (Å²) < 4.78 is 0. The zero-order chi connectivity index (χ0) is 23.6. The highest BCUT2D eigenvalue weighted by molar-refractivity contribution is 6.30. The molecule has 1 atom stereocenters. The molecule has 10 heteroatoms. The fraction of sp³-hybridized carbons (Fsp3) is 0.522. The molecular formula is C23H30ClN7O2. The molecule has 0 spiro atoms. The van der Waals surface area contributed by atoms with E-state index in [-0.39, 0.29) is 30.0 Å². The van der Waals surface area contributed by atoms with Gasteiger partial charge in [-0.25, -0.2) is 4.99 Å². The van der Waals surface area contributed by atoms with Crippen LogP contribution in [0.5, 0.6) is 0 Å². The molecule has 3 rings (SSSR count). The number of nitrogens with one attached hydrogen (secondary N) is 3. The molecule has 1 unspecified atom stereocenters. The number of piperidine rings is 1. The Morgan fingerprint density at radius 2 is 1.91 bits per heavy atom. The van der Waals surface area contributed by atoms with Crippen LogP contribution in [0.4, 0.5) is 0 Å². The number of rotatable bonds is 8. The molecule has 2 amide bonds. The number of guanidine groups is 1. The first-order chi connectivity index (χ1) is 16.0. The Hall–Kier alpha value is -3.12. The van der Waals surface area contributed by atoms with Gasteiger partial charge in [-0.1, -0.05) is 23.7 Å². The van der Waals surface area contributed by atoms with E-state index in [2.05, 4.69) is 15.6 Å². The van der Waals surface area contributed by atoms with Crippen LogP contribution in [0.15, 0.2) is 29.3 Å². The molecule has 2 aliphatic heterocycles. The maximum atomic E-state index is 12.4. The number of hydrogen-bond donors (Lipinski definition) is 3. The van der Waals surface area contributed by atoms with Crippen LogP contribution in [0.2, 0.25) is 5.02 Å². The molecule has 2 fully saturated rings. The zero-order valence-electron chi connectivity index (χ0n) is 18.6. The van der Waals surface area contributed by atoms with E-state index < -0.39 is 6.04 Å². The smallest absolute Gasteiger partial charge is 0.224 e. The topological polar surface area (TPSA) is 125 Å². The average Bonchev–Trinajstić information content (AvgIpc) is 3.25. The summed E-state index contributed by atoms with van der Waals surface area (Å²) in [5, 5.41) is 23.9. The van der Waals surface area contributed by atoms with Crippen LogP contribution in [0.25, 0.3) is 0 Å². The van der Waals surface area contributed by atoms with Gasteiger partial charge in [0.05, 0.1) is 18.3 Å². The second-order valence-electron chi connectivity index (χ2n) is 8.17. The minimum absolute atomic E-state index is 0.0104. The van der Waals surface area contributed by atoms with Crippen LogP contribution in [-0.2, 0) is 9.59 Å². The highest BCUT2D eigenvalue weighted by Gasteiger charge is 2.31. The predicted octanol–water partition coefficient (Wildman–Crippen LogP) is 2.12. The first-order valence-electron chi connectivity index (χ1n) is 11.3. The molecule has 0 aromatic heterocycles. The first-order valence-corrected chi connectivity index (χ1v) is 11.7. The Morgan fingerprint density at radius 1 is 1.18 bits per heavy atom. The van der Waals surface area contributed by atoms with Crippen molar-refractivity contribution in [2.24, 2.45) is 4.99 Å². The summed E-state index contributed by atoms with van der Waals surface area (Å²) in [6.45, 7) is 2.62. The maximum Gasteiger partial charge on any atom is 0.224 e. The van der Waals surface area contributed by atoms with E-state index in [0.29, 0.717) is 36.5 Å². The van der Waals surface area contributed by atoms with Gasteiger partial charge in [-0.3, -0.25) is 14.9 Å². The summed E-state index contributed by atoms with van der Waals surface area (Å²) in [5.74, 6) is 0.303. The van der Waals surface area contributed by atoms with Crippen LogP contribution in [-0.4, -0.2) is 72.1 Å². The van der Waals surface area contributed by atoms with Crippen molar-refractivity contribution in [2.75, 3.05) is 32.7 Å². The lowest BCUT2D eigenvalue weighted by atomic mass is 10.0. The highest BCUT2D eigenvalue weighted by atomic mass is 35.5. The lowest BCUT2D eigenvalue weighted by Crippen LogP contribution is -2.45. The van der Waals surface area contributed by atoms with Gasteiger partial charge in [-0.05, 0) is 43.4 Å². The van der Waals surface area contributed by atoms with Gasteiger partial charge in [-0.2, -0.15) is 5.26 Å². The third kappa shape index (κ3) is 6.93. The molecule has 2 saturated heterocycles. The number of aliphatic imine (C=N–C) groups is 1. The van der Waals surface area contributed by atoms with Crippen molar-refractivity contribution in [3.05, 3.63) is 34.9 Å². The number of likely N-dealkylation sites (tertiary alicyclic amines) is 2. The van der Waals surface area contributed by atoms with Gasteiger partial charge in [0.25, 0.3) is 0 Å². The largest absolute Gasteiger partial charge is 0.355 e. The molecule has 0 bridgehead atoms. The number of carbonyl (C=O) groups excluding carboxylic acids is 2. The second kappa shape index (κ2) is 12.2. The van der Waals surface area contributed by atoms with E-state index in [1.54, 1.807) is 29.2 Å². The van der Waals surface area contributed by atoms with Crippen LogP contribution in [0, 0.1) is 16.9 Å². The molecule has 0 saturated carbocycles. The lowest BCUT2D eigenvalue weighted by Gasteiger charge is -2.28. The summed E-state index contributed by atoms with van der Waals surface area (Å²) in [7, 11) is 0. The van der Waals surface area contributed by atoms with E-state index in [1.807, 2.05) is 11.1 Å². The third-order valence-electron chi connectivity index (χ3n) is 5.91. The van der Waals surface area contributed by atoms with Crippen molar-refractivity contribution in [3.63, 3.8) is 0 Å². The van der Waals surface area contributed by atoms with Crippen molar-refractivity contribution in [3.8, 4) is 6.19 Å². The molecule has 9 nitrogen and oxygen atoms in total. The van der Waals surface area contributed by atoms with Crippen LogP contribution < -0.4 is 10.6 Å². The van der Waals surface area contributed by atoms with Crippen molar-refractivity contribution in [2.45, 2.75) is 44.6 Å². The predicted molar refractivity (Wildman–Crippen MR) is 127 cm³/mol. The molecule has 1 aromatic carbocycles. The first kappa shape index (κ1) is 24.5. The van der Waals surface area contributed by atoms with E-state index in [4.69, 9.17) is 22.3 Å². The van der Waals surface area contributed by atoms with E-state index >= 15 is 0 Å². The Kier molecular flexibility index (Phi) is 9.07. The number of carbonyl (C=O) groups is 2. The van der Waals surface area contributed by atoms with Crippen molar-refractivity contribution >= 4 is 35.1 Å². The van der Waals surface area contributed by atoms with Gasteiger partial charge in [0, 0.05) is 44.0 Å². The minimum Gasteiger partial charge on any atom is -0.355 e. The average molecular weight is 472 g/mol. The molecule has 2 heterocycles. The number of amides is 2. The quantitative estimate of drug-likeness (QED) is 0.232. The Bertz CT molecular complexity index is 920. The molecule has 3 N–H and O–H groups in total. The summed E-state index contributed by atoms with van der Waals surface area (Å²) in [6, 6.07) is 6.36. The molecular weight excluding hydrogens is 442 g/mol. The van der Waals surface area contributed by atoms with E-state index in [1.165, 1.54) is 0 Å². The molecule has 0 aliphatic carbocycles. The SMILES string of the molecule is N#CNC(=NCC(C(=N)c1ccc(Cl)cc1)N1CCCC1=O)NCCC(=O)N1CCCCC1. The Morgan fingerprint density at radius 3 is 2.55 bits per heavy atom. The van der Waals surface area contributed by atoms with Crippen molar-refractivity contribution in [1.82, 2.24) is 20.4 Å². The van der Waals surface area contributed by atoms with Crippen LogP contribution in [0.3, 0.4) is 0 Å². The lowest BCUT2D eigenvalue weighted by molar-refractivity contribution is -0.132. The zero-order valence-corrected chi connectivity index (χ0v) is 19.4. The Balaban J connectivity index is 1.65. The standard InChI is InChI=1S/C23H30ClN7O2/c24-18-8-6-17(7-9-18)22(26)19(31-14-4-5-21(31)33)15-28-23(29-16-25)27-11-10-20(32)30-12-2-1-3-13-30/h6-9,19,26H,1-5,10-15H2,(H2,27,28,29). The van der Waals surface area contributed by atoms with Gasteiger partial charge in [-0.15, -0.1) is 0 Å². The number of hydrogen-bond acceptors (Lipinski definition) is 5. The van der Waals surface area contributed by atoms with Crippen LogP contribution in [0.1, 0.15) is 44.1 Å². The second-order valence-corrected chi connectivity index (χ2v) is 8.61. The molecule has 33 heavy (non-hydrogen) atoms. The molecule has 1 aromatic rings. The number of nitrogens with zero attached hydrogens (tertiary/aromatic N) is 4. The number of halogens is 1. The molecule has 0 radical (unpaired) electrons. The number of benzene rings is 1. The molecule has 2 aliphatic rings. The summed E-state index contributed by atoms with van der Waals surface area (Å²) >= 11 is 5.97. The van der Waals surface area contributed by atoms with Gasteiger partial charge < -0.3 is 20.5 Å². The highest BCUT2D eigenvalue weighted by Crippen LogP contribution is 2.19. The minimum atomic E-state index is -0.562. The summed E-state index contributed by atoms with van der Waals surface area (Å²) in [5.41, 5.74) is 0.927. The normalized spacial score (nSPS) is 17.5. The van der Waals surface area contributed by atoms with Gasteiger partial charge in [0.2, 0.25) is 17.8 Å².